The third-order valence-corrected chi connectivity index (χ3v) is 5.19. The van der Waals surface area contributed by atoms with Crippen molar-refractivity contribution in [1.29, 1.82) is 0 Å². The largest absolute Gasteiger partial charge is 0.496 e. The monoisotopic (exact) mass is 494 g/mol. The maximum Gasteiger partial charge on any atom is 0.303 e. The number of nitrogens with one attached hydrogen (secondary N) is 2. The molecule has 184 valence electrons. The number of carbonyl (C=O) groups is 2. The van der Waals surface area contributed by atoms with Gasteiger partial charge in [0, 0.05) is 25.1 Å². The van der Waals surface area contributed by atoms with Crippen LogP contribution in [0.15, 0.2) is 41.8 Å². The molecule has 2 N–H and O–H groups in total. The molecule has 1 amide bonds. The molecule has 0 aliphatic carbocycles. The maximum atomic E-state index is 12.6. The molecule has 34 heavy (non-hydrogen) atoms. The van der Waals surface area contributed by atoms with Crippen LogP contribution in [0, 0.1) is 0 Å². The summed E-state index contributed by atoms with van der Waals surface area (Å²) in [6.45, 7) is 0.567. The van der Waals surface area contributed by atoms with Gasteiger partial charge in [0.25, 0.3) is 15.9 Å². The Morgan fingerprint density at radius 3 is 2.24 bits per heavy atom. The summed E-state index contributed by atoms with van der Waals surface area (Å²) in [5.74, 6) is 0.417. The van der Waals surface area contributed by atoms with Crippen LogP contribution >= 0.6 is 0 Å². The number of ether oxygens (including phenoxy) is 5. The zero-order valence-corrected chi connectivity index (χ0v) is 19.9. The van der Waals surface area contributed by atoms with Gasteiger partial charge in [-0.25, -0.2) is 8.42 Å². The molecule has 0 spiro atoms. The highest BCUT2D eigenvalue weighted by atomic mass is 32.2. The summed E-state index contributed by atoms with van der Waals surface area (Å²) in [5, 5.41) is 3.38. The molecule has 0 unspecified atom stereocenters. The molecule has 0 radical (unpaired) electrons. The van der Waals surface area contributed by atoms with E-state index in [4.69, 9.17) is 18.9 Å². The summed E-state index contributed by atoms with van der Waals surface area (Å²) in [7, 11) is 0.476. The first-order chi connectivity index (χ1) is 16.2. The Kier molecular flexibility index (Phi) is 9.56. The average molecular weight is 495 g/mol. The SMILES string of the molecule is COc1cc(OC)c(/C=C/S(=O)(=O)Nc2cccc(OCNC(=O)COC(C)=O)c2)c(OC)c1. The van der Waals surface area contributed by atoms with Crippen molar-refractivity contribution in [2.24, 2.45) is 0 Å². The van der Waals surface area contributed by atoms with Crippen molar-refractivity contribution in [2.75, 3.05) is 39.4 Å². The summed E-state index contributed by atoms with van der Waals surface area (Å²) in [6, 6.07) is 9.35. The molecule has 12 heteroatoms. The maximum absolute atomic E-state index is 12.6. The lowest BCUT2D eigenvalue weighted by Crippen LogP contribution is -2.31. The molecule has 0 atom stereocenters. The summed E-state index contributed by atoms with van der Waals surface area (Å²) in [6.07, 6.45) is 1.35. The van der Waals surface area contributed by atoms with Gasteiger partial charge in [-0.1, -0.05) is 6.07 Å². The molecule has 0 fully saturated rings. The van der Waals surface area contributed by atoms with Crippen molar-refractivity contribution in [3.8, 4) is 23.0 Å². The minimum atomic E-state index is -3.91. The van der Waals surface area contributed by atoms with Crippen molar-refractivity contribution in [1.82, 2.24) is 5.32 Å². The van der Waals surface area contributed by atoms with Crippen LogP contribution in [0.1, 0.15) is 12.5 Å². The molecule has 2 aromatic rings. The van der Waals surface area contributed by atoms with Crippen LogP contribution < -0.4 is 29.0 Å². The third kappa shape index (κ3) is 8.20. The number of anilines is 1. The molecule has 11 nitrogen and oxygen atoms in total. The topological polar surface area (TPSA) is 138 Å². The van der Waals surface area contributed by atoms with Gasteiger partial charge in [0.05, 0.1) is 38.0 Å². The van der Waals surface area contributed by atoms with Crippen molar-refractivity contribution in [2.45, 2.75) is 6.92 Å². The predicted molar refractivity (Wildman–Crippen MR) is 124 cm³/mol. The zero-order chi connectivity index (χ0) is 25.1. The lowest BCUT2D eigenvalue weighted by atomic mass is 10.1. The Morgan fingerprint density at radius 2 is 1.65 bits per heavy atom. The molecule has 2 aromatic carbocycles. The number of hydrogen-bond acceptors (Lipinski definition) is 9. The quantitative estimate of drug-likeness (QED) is 0.336. The first-order valence-electron chi connectivity index (χ1n) is 9.81. The van der Waals surface area contributed by atoms with E-state index in [1.165, 1.54) is 46.5 Å². The van der Waals surface area contributed by atoms with E-state index >= 15 is 0 Å². The Labute approximate surface area is 197 Å². The van der Waals surface area contributed by atoms with E-state index in [9.17, 15) is 18.0 Å². The summed E-state index contributed by atoms with van der Waals surface area (Å²) in [4.78, 5) is 22.2. The number of esters is 1. The number of rotatable bonds is 12. The van der Waals surface area contributed by atoms with E-state index < -0.39 is 28.5 Å². The van der Waals surface area contributed by atoms with Gasteiger partial charge in [-0.15, -0.1) is 0 Å². The van der Waals surface area contributed by atoms with Gasteiger partial charge in [0.1, 0.15) is 23.0 Å². The second-order valence-electron chi connectivity index (χ2n) is 6.59. The number of benzene rings is 2. The van der Waals surface area contributed by atoms with Crippen LogP contribution in [0.5, 0.6) is 23.0 Å². The van der Waals surface area contributed by atoms with Crippen LogP contribution in [0.4, 0.5) is 5.69 Å². The molecular weight excluding hydrogens is 468 g/mol. The molecule has 0 saturated heterocycles. The average Bonchev–Trinajstić information content (AvgIpc) is 2.80. The second kappa shape index (κ2) is 12.3. The van der Waals surface area contributed by atoms with E-state index in [1.807, 2.05) is 0 Å². The van der Waals surface area contributed by atoms with E-state index in [0.29, 0.717) is 28.6 Å². The van der Waals surface area contributed by atoms with Gasteiger partial charge in [0.15, 0.2) is 13.3 Å². The Bertz CT molecular complexity index is 1120. The molecule has 2 rings (SSSR count). The molecule has 0 bridgehead atoms. The van der Waals surface area contributed by atoms with Crippen LogP contribution in [0.25, 0.3) is 6.08 Å². The summed E-state index contributed by atoms with van der Waals surface area (Å²) < 4.78 is 53.4. The highest BCUT2D eigenvalue weighted by Crippen LogP contribution is 2.35. The third-order valence-electron chi connectivity index (χ3n) is 4.18. The molecule has 0 aliphatic rings. The van der Waals surface area contributed by atoms with Gasteiger partial charge >= 0.3 is 5.97 Å². The van der Waals surface area contributed by atoms with Crippen LogP contribution in [-0.4, -0.2) is 55.0 Å². The first-order valence-corrected chi connectivity index (χ1v) is 11.4. The fourth-order valence-corrected chi connectivity index (χ4v) is 3.46. The number of sulfonamides is 1. The Hall–Kier alpha value is -3.93. The van der Waals surface area contributed by atoms with Gasteiger partial charge in [-0.05, 0) is 18.2 Å². The highest BCUT2D eigenvalue weighted by molar-refractivity contribution is 7.95. The fourth-order valence-electron chi connectivity index (χ4n) is 2.62. The van der Waals surface area contributed by atoms with E-state index in [1.54, 1.807) is 24.3 Å². The minimum absolute atomic E-state index is 0.201. The lowest BCUT2D eigenvalue weighted by Gasteiger charge is -2.13. The number of carbonyl (C=O) groups excluding carboxylic acids is 2. The number of hydrogen-bond donors (Lipinski definition) is 2. The predicted octanol–water partition coefficient (Wildman–Crippen LogP) is 2.14. The second-order valence-corrected chi connectivity index (χ2v) is 8.16. The molecule has 0 saturated carbocycles. The molecular formula is C22H26N2O9S. The van der Waals surface area contributed by atoms with Crippen molar-refractivity contribution in [3.05, 3.63) is 47.4 Å². The summed E-state index contributed by atoms with van der Waals surface area (Å²) in [5.41, 5.74) is 0.653. The van der Waals surface area contributed by atoms with Gasteiger partial charge in [-0.2, -0.15) is 0 Å². The van der Waals surface area contributed by atoms with Gasteiger partial charge in [-0.3, -0.25) is 14.3 Å². The van der Waals surface area contributed by atoms with Crippen molar-refractivity contribution in [3.63, 3.8) is 0 Å². The number of methoxy groups -OCH3 is 3. The first kappa shape index (κ1) is 26.3. The fraction of sp³-hybridized carbons (Fsp3) is 0.273. The zero-order valence-electron chi connectivity index (χ0n) is 19.1. The van der Waals surface area contributed by atoms with E-state index in [-0.39, 0.29) is 12.4 Å². The van der Waals surface area contributed by atoms with E-state index in [2.05, 4.69) is 14.8 Å². The van der Waals surface area contributed by atoms with Crippen LogP contribution in [-0.2, 0) is 24.3 Å². The lowest BCUT2D eigenvalue weighted by molar-refractivity contribution is -0.146. The van der Waals surface area contributed by atoms with Crippen molar-refractivity contribution < 1.29 is 41.7 Å². The van der Waals surface area contributed by atoms with E-state index in [0.717, 1.165) is 5.41 Å². The Balaban J connectivity index is 2.06. The van der Waals surface area contributed by atoms with Gasteiger partial charge < -0.3 is 29.0 Å². The normalized spacial score (nSPS) is 10.9. The summed E-state index contributed by atoms with van der Waals surface area (Å²) >= 11 is 0. The molecule has 0 heterocycles. The Morgan fingerprint density at radius 1 is 0.971 bits per heavy atom. The highest BCUT2D eigenvalue weighted by Gasteiger charge is 2.13. The standard InChI is InChI=1S/C22H26N2O9S/c1-15(25)32-13-22(26)23-14-33-17-7-5-6-16(10-17)24-34(27,28)9-8-19-20(30-3)11-18(29-2)12-21(19)31-4/h5-12,24H,13-14H2,1-4H3,(H,23,26)/b9-8+. The van der Waals surface area contributed by atoms with Crippen molar-refractivity contribution >= 4 is 33.7 Å². The molecule has 0 aliphatic heterocycles. The number of amides is 1. The van der Waals surface area contributed by atoms with Crippen LogP contribution in [0.2, 0.25) is 0 Å². The minimum Gasteiger partial charge on any atom is -0.496 e. The smallest absolute Gasteiger partial charge is 0.303 e. The van der Waals surface area contributed by atoms with Gasteiger partial charge in [0.2, 0.25) is 0 Å². The molecule has 0 aromatic heterocycles. The van der Waals surface area contributed by atoms with Crippen LogP contribution in [0.3, 0.4) is 0 Å².